The molecule has 1 unspecified atom stereocenters. The Labute approximate surface area is 209 Å². The van der Waals surface area contributed by atoms with Crippen LogP contribution >= 0.6 is 15.9 Å². The average molecular weight is 526 g/mol. The normalized spacial score (nSPS) is 20.4. The first-order valence-electron chi connectivity index (χ1n) is 12.0. The van der Waals surface area contributed by atoms with Gasteiger partial charge in [-0.3, -0.25) is 4.90 Å². The first-order chi connectivity index (χ1) is 16.2. The quantitative estimate of drug-likeness (QED) is 0.450. The second kappa shape index (κ2) is 8.77. The maximum Gasteiger partial charge on any atom is 0.258 e. The van der Waals surface area contributed by atoms with E-state index in [0.29, 0.717) is 11.7 Å². The van der Waals surface area contributed by atoms with E-state index >= 15 is 0 Å². The summed E-state index contributed by atoms with van der Waals surface area (Å²) in [7, 11) is 0. The van der Waals surface area contributed by atoms with E-state index in [-0.39, 0.29) is 23.7 Å². The maximum atomic E-state index is 9.86. The highest BCUT2D eigenvalue weighted by Crippen LogP contribution is 2.49. The number of aliphatic hydroxyl groups is 1. The Morgan fingerprint density at radius 2 is 2.06 bits per heavy atom. The third-order valence-electron chi connectivity index (χ3n) is 7.41. The number of fused-ring (bicyclic) bond motifs is 2. The van der Waals surface area contributed by atoms with E-state index in [1.807, 2.05) is 32.0 Å². The van der Waals surface area contributed by atoms with Crippen LogP contribution in [-0.4, -0.2) is 51.5 Å². The number of aromatic nitrogens is 2. The van der Waals surface area contributed by atoms with Gasteiger partial charge in [-0.05, 0) is 98.8 Å². The van der Waals surface area contributed by atoms with Gasteiger partial charge in [-0.25, -0.2) is 0 Å². The van der Waals surface area contributed by atoms with Gasteiger partial charge in [0, 0.05) is 28.6 Å². The number of hydrogen-bond donors (Lipinski definition) is 1. The Hall–Kier alpha value is -2.22. The van der Waals surface area contributed by atoms with Crippen LogP contribution < -0.4 is 4.74 Å². The van der Waals surface area contributed by atoms with E-state index in [1.54, 1.807) is 0 Å². The van der Waals surface area contributed by atoms with Gasteiger partial charge in [-0.1, -0.05) is 23.4 Å². The van der Waals surface area contributed by atoms with Crippen LogP contribution in [0.25, 0.3) is 22.8 Å². The number of aliphatic hydroxyl groups excluding tert-OH is 1. The minimum Gasteiger partial charge on any atom is -0.490 e. The molecule has 1 aliphatic carbocycles. The van der Waals surface area contributed by atoms with Crippen molar-refractivity contribution in [3.63, 3.8) is 0 Å². The molecule has 180 valence electrons. The van der Waals surface area contributed by atoms with Crippen molar-refractivity contribution in [3.05, 3.63) is 52.0 Å². The number of likely N-dealkylation sites (tertiary alicyclic amines) is 1. The summed E-state index contributed by atoms with van der Waals surface area (Å²) in [5, 5.41) is 14.2. The van der Waals surface area contributed by atoms with Crippen molar-refractivity contribution in [2.45, 2.75) is 64.0 Å². The summed E-state index contributed by atoms with van der Waals surface area (Å²) in [6.45, 7) is 10.4. The van der Waals surface area contributed by atoms with E-state index in [2.05, 4.69) is 58.0 Å². The van der Waals surface area contributed by atoms with Crippen LogP contribution in [0.2, 0.25) is 0 Å². The number of hydrogen-bond acceptors (Lipinski definition) is 6. The minimum atomic E-state index is -0.198. The lowest BCUT2D eigenvalue weighted by Gasteiger charge is -2.35. The molecule has 34 heavy (non-hydrogen) atoms. The molecule has 1 atom stereocenters. The summed E-state index contributed by atoms with van der Waals surface area (Å²) in [5.74, 6) is 1.92. The van der Waals surface area contributed by atoms with Gasteiger partial charge in [-0.2, -0.15) is 4.98 Å². The van der Waals surface area contributed by atoms with Crippen LogP contribution in [0.5, 0.6) is 5.75 Å². The van der Waals surface area contributed by atoms with Gasteiger partial charge in [0.05, 0.1) is 17.2 Å². The molecule has 0 amide bonds. The SMILES string of the molecule is CC(C)Oc1ccc(-c2nc(-c3cccc4c3CCC43CCN(C(C)(C)CO)C3)no2)cc1Br. The molecule has 2 aromatic carbocycles. The van der Waals surface area contributed by atoms with Crippen LogP contribution in [0.4, 0.5) is 0 Å². The van der Waals surface area contributed by atoms with Crippen molar-refractivity contribution >= 4 is 15.9 Å². The number of rotatable bonds is 6. The van der Waals surface area contributed by atoms with Gasteiger partial charge < -0.3 is 14.4 Å². The van der Waals surface area contributed by atoms with E-state index in [4.69, 9.17) is 14.2 Å². The molecular weight excluding hydrogens is 494 g/mol. The van der Waals surface area contributed by atoms with Gasteiger partial charge in [0.1, 0.15) is 5.75 Å². The standard InChI is InChI=1S/C27H32BrN3O3/c1-17(2)33-23-9-8-18(14-22(23)28)25-29-24(30-34-25)20-6-5-7-21-19(20)10-11-27(21)12-13-31(15-27)26(3,4)16-32/h5-9,14,17,32H,10-13,15-16H2,1-4H3. The van der Waals surface area contributed by atoms with Gasteiger partial charge in [0.15, 0.2) is 0 Å². The first kappa shape index (κ1) is 23.5. The van der Waals surface area contributed by atoms with Gasteiger partial charge >= 0.3 is 0 Å². The van der Waals surface area contributed by atoms with Crippen molar-refractivity contribution in [3.8, 4) is 28.6 Å². The molecule has 0 bridgehead atoms. The summed E-state index contributed by atoms with van der Waals surface area (Å²) in [4.78, 5) is 7.20. The van der Waals surface area contributed by atoms with Crippen molar-refractivity contribution in [2.24, 2.45) is 0 Å². The zero-order valence-electron chi connectivity index (χ0n) is 20.3. The summed E-state index contributed by atoms with van der Waals surface area (Å²) in [6.07, 6.45) is 3.34. The molecule has 7 heteroatoms. The highest BCUT2D eigenvalue weighted by atomic mass is 79.9. The van der Waals surface area contributed by atoms with Gasteiger partial charge in [0.2, 0.25) is 5.82 Å². The predicted octanol–water partition coefficient (Wildman–Crippen LogP) is 5.61. The minimum absolute atomic E-state index is 0.0993. The predicted molar refractivity (Wildman–Crippen MR) is 136 cm³/mol. The number of ether oxygens (including phenoxy) is 1. The van der Waals surface area contributed by atoms with Crippen LogP contribution in [0.3, 0.4) is 0 Å². The fourth-order valence-electron chi connectivity index (χ4n) is 5.41. The lowest BCUT2D eigenvalue weighted by Crippen LogP contribution is -2.46. The van der Waals surface area contributed by atoms with Crippen molar-refractivity contribution < 1.29 is 14.4 Å². The van der Waals surface area contributed by atoms with Crippen molar-refractivity contribution in [2.75, 3.05) is 19.7 Å². The van der Waals surface area contributed by atoms with E-state index < -0.39 is 0 Å². The fraction of sp³-hybridized carbons (Fsp3) is 0.481. The fourth-order valence-corrected chi connectivity index (χ4v) is 5.88. The summed E-state index contributed by atoms with van der Waals surface area (Å²) >= 11 is 3.59. The lowest BCUT2D eigenvalue weighted by molar-refractivity contribution is 0.0723. The Morgan fingerprint density at radius 3 is 2.79 bits per heavy atom. The molecule has 1 spiro atoms. The molecule has 2 aliphatic rings. The van der Waals surface area contributed by atoms with Crippen LogP contribution in [0.1, 0.15) is 51.7 Å². The second-order valence-electron chi connectivity index (χ2n) is 10.5. The zero-order valence-corrected chi connectivity index (χ0v) is 21.9. The molecule has 3 aromatic rings. The molecule has 6 nitrogen and oxygen atoms in total. The summed E-state index contributed by atoms with van der Waals surface area (Å²) in [5.41, 5.74) is 4.59. The number of benzene rings is 2. The maximum absolute atomic E-state index is 9.86. The van der Waals surface area contributed by atoms with Gasteiger partial charge in [0.25, 0.3) is 5.89 Å². The number of halogens is 1. The molecule has 2 heterocycles. The highest BCUT2D eigenvalue weighted by Gasteiger charge is 2.47. The topological polar surface area (TPSA) is 71.6 Å². The Bertz CT molecular complexity index is 1210. The number of nitrogens with zero attached hydrogens (tertiary/aromatic N) is 3. The highest BCUT2D eigenvalue weighted by molar-refractivity contribution is 9.10. The third kappa shape index (κ3) is 4.08. The van der Waals surface area contributed by atoms with E-state index in [0.717, 1.165) is 53.7 Å². The molecule has 1 aliphatic heterocycles. The molecule has 0 saturated carbocycles. The molecule has 5 rings (SSSR count). The Balaban J connectivity index is 1.43. The molecule has 0 radical (unpaired) electrons. The Kier molecular flexibility index (Phi) is 6.07. The largest absolute Gasteiger partial charge is 0.490 e. The molecular formula is C27H32BrN3O3. The second-order valence-corrected chi connectivity index (χ2v) is 11.3. The van der Waals surface area contributed by atoms with Crippen molar-refractivity contribution in [1.29, 1.82) is 0 Å². The van der Waals surface area contributed by atoms with Crippen LogP contribution in [0.15, 0.2) is 45.4 Å². The summed E-state index contributed by atoms with van der Waals surface area (Å²) < 4.78 is 12.3. The van der Waals surface area contributed by atoms with Crippen molar-refractivity contribution in [1.82, 2.24) is 15.0 Å². The molecule has 1 N–H and O–H groups in total. The first-order valence-corrected chi connectivity index (χ1v) is 12.8. The monoisotopic (exact) mass is 525 g/mol. The van der Waals surface area contributed by atoms with Crippen LogP contribution in [-0.2, 0) is 11.8 Å². The average Bonchev–Trinajstić information content (AvgIpc) is 3.55. The van der Waals surface area contributed by atoms with Gasteiger partial charge in [-0.15, -0.1) is 0 Å². The van der Waals surface area contributed by atoms with E-state index in [1.165, 1.54) is 11.1 Å². The molecule has 1 fully saturated rings. The lowest BCUT2D eigenvalue weighted by atomic mass is 9.80. The van der Waals surface area contributed by atoms with E-state index in [9.17, 15) is 5.11 Å². The summed E-state index contributed by atoms with van der Waals surface area (Å²) in [6, 6.07) is 12.3. The smallest absolute Gasteiger partial charge is 0.258 e. The Morgan fingerprint density at radius 1 is 1.24 bits per heavy atom. The zero-order chi connectivity index (χ0) is 24.1. The molecule has 1 aromatic heterocycles. The molecule has 1 saturated heterocycles. The third-order valence-corrected chi connectivity index (χ3v) is 8.03. The van der Waals surface area contributed by atoms with Crippen LogP contribution in [0, 0.1) is 0 Å².